The highest BCUT2D eigenvalue weighted by Crippen LogP contribution is 2.08. The average Bonchev–Trinajstić information content (AvgIpc) is 3.00. The van der Waals surface area contributed by atoms with E-state index in [1.54, 1.807) is 12.2 Å². The lowest BCUT2D eigenvalue weighted by Crippen LogP contribution is -1.92. The number of aliphatic carboxylic acids is 2. The van der Waals surface area contributed by atoms with Crippen LogP contribution < -0.4 is 0 Å². The first-order valence-corrected chi connectivity index (χ1v) is 16.6. The molecular formula is C40H60O4. The molecule has 4 heteroatoms. The van der Waals surface area contributed by atoms with E-state index >= 15 is 0 Å². The Balaban J connectivity index is 0. The minimum Gasteiger partial charge on any atom is -0.481 e. The molecule has 0 aliphatic carbocycles. The summed E-state index contributed by atoms with van der Waals surface area (Å²) in [5, 5.41) is 16.9. The topological polar surface area (TPSA) is 74.6 Å². The third-order valence-electron chi connectivity index (χ3n) is 6.05. The third-order valence-corrected chi connectivity index (χ3v) is 6.05. The normalized spacial score (nSPS) is 12.8. The molecule has 0 fully saturated rings. The molecular weight excluding hydrogens is 544 g/mol. The number of rotatable bonds is 26. The van der Waals surface area contributed by atoms with Gasteiger partial charge in [0, 0.05) is 12.5 Å². The Hall–Kier alpha value is -3.66. The Morgan fingerprint density at radius 3 is 1.39 bits per heavy atom. The summed E-state index contributed by atoms with van der Waals surface area (Å²) in [5.41, 5.74) is 0. The van der Waals surface area contributed by atoms with Gasteiger partial charge >= 0.3 is 11.9 Å². The van der Waals surface area contributed by atoms with Crippen LogP contribution >= 0.6 is 0 Å². The first-order valence-electron chi connectivity index (χ1n) is 16.6. The highest BCUT2D eigenvalue weighted by atomic mass is 16.4. The molecule has 0 aliphatic rings. The minimum atomic E-state index is -0.931. The Bertz CT molecular complexity index is 952. The zero-order chi connectivity index (χ0) is 32.6. The summed E-state index contributed by atoms with van der Waals surface area (Å²) < 4.78 is 0. The molecule has 0 saturated heterocycles. The summed E-state index contributed by atoms with van der Waals surface area (Å²) in [5.74, 6) is -1.65. The van der Waals surface area contributed by atoms with Gasteiger partial charge in [0.1, 0.15) is 0 Å². The Kier molecular flexibility index (Phi) is 38.0. The van der Waals surface area contributed by atoms with Crippen molar-refractivity contribution in [3.8, 4) is 0 Å². The molecule has 0 radical (unpaired) electrons. The smallest absolute Gasteiger partial charge is 0.328 e. The van der Waals surface area contributed by atoms with Crippen molar-refractivity contribution in [1.29, 1.82) is 0 Å². The van der Waals surface area contributed by atoms with Gasteiger partial charge in [0.25, 0.3) is 0 Å². The summed E-state index contributed by atoms with van der Waals surface area (Å²) in [6.07, 6.45) is 57.2. The zero-order valence-electron chi connectivity index (χ0n) is 27.6. The highest BCUT2D eigenvalue weighted by molar-refractivity contribution is 5.80. The molecule has 0 rings (SSSR count). The summed E-state index contributed by atoms with van der Waals surface area (Å²) in [6, 6.07) is 0. The third kappa shape index (κ3) is 45.3. The van der Waals surface area contributed by atoms with E-state index in [0.29, 0.717) is 0 Å². The second-order valence-corrected chi connectivity index (χ2v) is 10.2. The van der Waals surface area contributed by atoms with Crippen molar-refractivity contribution in [2.24, 2.45) is 0 Å². The van der Waals surface area contributed by atoms with Gasteiger partial charge in [-0.15, -0.1) is 0 Å². The van der Waals surface area contributed by atoms with E-state index in [4.69, 9.17) is 10.2 Å². The fraction of sp³-hybridized carbons (Fsp3) is 0.450. The molecule has 0 aromatic heterocycles. The number of hydrogen-bond donors (Lipinski definition) is 2. The number of carboxylic acids is 2. The van der Waals surface area contributed by atoms with Crippen LogP contribution in [0, 0.1) is 0 Å². The van der Waals surface area contributed by atoms with Gasteiger partial charge in [-0.1, -0.05) is 168 Å². The second-order valence-electron chi connectivity index (χ2n) is 10.2. The van der Waals surface area contributed by atoms with Crippen molar-refractivity contribution in [3.63, 3.8) is 0 Å². The van der Waals surface area contributed by atoms with Crippen LogP contribution in [0.3, 0.4) is 0 Å². The molecule has 0 unspecified atom stereocenters. The van der Waals surface area contributed by atoms with E-state index in [-0.39, 0.29) is 6.42 Å². The van der Waals surface area contributed by atoms with Crippen LogP contribution in [0.2, 0.25) is 0 Å². The number of unbranched alkanes of at least 4 members (excludes halogenated alkanes) is 8. The quantitative estimate of drug-likeness (QED) is 0.0446. The zero-order valence-corrected chi connectivity index (χ0v) is 27.6. The van der Waals surface area contributed by atoms with Gasteiger partial charge in [-0.3, -0.25) is 4.79 Å². The predicted molar refractivity (Wildman–Crippen MR) is 192 cm³/mol. The summed E-state index contributed by atoms with van der Waals surface area (Å²) in [7, 11) is 0. The van der Waals surface area contributed by atoms with Crippen LogP contribution in [-0.4, -0.2) is 22.2 Å². The maximum Gasteiger partial charge on any atom is 0.328 e. The van der Waals surface area contributed by atoms with E-state index in [1.807, 2.05) is 24.3 Å². The van der Waals surface area contributed by atoms with Crippen LogP contribution in [0.25, 0.3) is 0 Å². The second kappa shape index (κ2) is 39.3. The molecule has 0 atom stereocenters. The van der Waals surface area contributed by atoms with Crippen LogP contribution in [-0.2, 0) is 9.59 Å². The molecule has 0 aromatic rings. The van der Waals surface area contributed by atoms with Crippen LogP contribution in [0.5, 0.6) is 0 Å². The number of carboxylic acid groups (broad SMARTS) is 2. The molecule has 0 amide bonds. The Morgan fingerprint density at radius 2 is 0.886 bits per heavy atom. The maximum absolute atomic E-state index is 10.3. The summed E-state index contributed by atoms with van der Waals surface area (Å²) in [4.78, 5) is 20.5. The molecule has 0 heterocycles. The molecule has 0 bridgehead atoms. The molecule has 4 nitrogen and oxygen atoms in total. The lowest BCUT2D eigenvalue weighted by Gasteiger charge is -1.98. The predicted octanol–water partition coefficient (Wildman–Crippen LogP) is 12.0. The van der Waals surface area contributed by atoms with Gasteiger partial charge in [0.15, 0.2) is 0 Å². The monoisotopic (exact) mass is 604 g/mol. The average molecular weight is 605 g/mol. The largest absolute Gasteiger partial charge is 0.481 e. The van der Waals surface area contributed by atoms with E-state index in [1.165, 1.54) is 51.0 Å². The van der Waals surface area contributed by atoms with E-state index < -0.39 is 11.9 Å². The first-order chi connectivity index (χ1) is 21.5. The first kappa shape index (κ1) is 42.5. The van der Waals surface area contributed by atoms with Gasteiger partial charge < -0.3 is 10.2 Å². The van der Waals surface area contributed by atoms with Crippen molar-refractivity contribution in [2.75, 3.05) is 0 Å². The fourth-order valence-electron chi connectivity index (χ4n) is 3.66. The van der Waals surface area contributed by atoms with E-state index in [9.17, 15) is 9.59 Å². The van der Waals surface area contributed by atoms with Crippen LogP contribution in [0.1, 0.15) is 117 Å². The van der Waals surface area contributed by atoms with Gasteiger partial charge in [0.05, 0.1) is 0 Å². The SMILES string of the molecule is CCC=CCC=CCC=CCC=CC/C=C\CCCC(=O)O.CCCCCCCCCC=CC=CC=CC=CC=CC(=O)O. The van der Waals surface area contributed by atoms with Crippen LogP contribution in [0.15, 0.2) is 122 Å². The van der Waals surface area contributed by atoms with Crippen LogP contribution in [0.4, 0.5) is 0 Å². The van der Waals surface area contributed by atoms with E-state index in [0.717, 1.165) is 57.4 Å². The Morgan fingerprint density at radius 1 is 0.455 bits per heavy atom. The van der Waals surface area contributed by atoms with Gasteiger partial charge in [-0.2, -0.15) is 0 Å². The molecule has 0 aromatic carbocycles. The standard InChI is InChI=1S/2C20H30O2/c2*1-2-3-4-5-6-7-8-9-10-11-12-13-14-15-16-17-18-19-20(21)22/h10-19H,2-9H2,1H3,(H,21,22);3-4,6-7,9-10,12-13,15-16H,2,5,8,11,14,17-19H2,1H3,(H,21,22)/b;4-3?,7-6?,10-9?,13-12?,16-15-. The van der Waals surface area contributed by atoms with Crippen molar-refractivity contribution < 1.29 is 19.8 Å². The van der Waals surface area contributed by atoms with Gasteiger partial charge in [-0.25, -0.2) is 4.79 Å². The van der Waals surface area contributed by atoms with Crippen molar-refractivity contribution in [2.45, 2.75) is 117 Å². The van der Waals surface area contributed by atoms with E-state index in [2.05, 4.69) is 86.8 Å². The van der Waals surface area contributed by atoms with Gasteiger partial charge in [0.2, 0.25) is 0 Å². The highest BCUT2D eigenvalue weighted by Gasteiger charge is 1.92. The molecule has 0 spiro atoms. The lowest BCUT2D eigenvalue weighted by molar-refractivity contribution is -0.137. The maximum atomic E-state index is 10.3. The van der Waals surface area contributed by atoms with Crippen molar-refractivity contribution in [3.05, 3.63) is 122 Å². The number of hydrogen-bond acceptors (Lipinski definition) is 2. The minimum absolute atomic E-state index is 0.258. The molecule has 0 saturated carbocycles. The van der Waals surface area contributed by atoms with Crippen molar-refractivity contribution in [1.82, 2.24) is 0 Å². The molecule has 44 heavy (non-hydrogen) atoms. The lowest BCUT2D eigenvalue weighted by atomic mass is 10.1. The van der Waals surface area contributed by atoms with Crippen molar-refractivity contribution >= 4 is 11.9 Å². The summed E-state index contributed by atoms with van der Waals surface area (Å²) in [6.45, 7) is 4.39. The molecule has 0 aliphatic heterocycles. The molecule has 2 N–H and O–H groups in total. The Labute approximate surface area is 269 Å². The molecule has 244 valence electrons. The number of carbonyl (C=O) groups is 2. The number of allylic oxidation sites excluding steroid dienone is 19. The summed E-state index contributed by atoms with van der Waals surface area (Å²) >= 11 is 0. The van der Waals surface area contributed by atoms with Gasteiger partial charge in [-0.05, 0) is 57.8 Å². The fourth-order valence-corrected chi connectivity index (χ4v) is 3.66.